The molecule has 0 aliphatic heterocycles. The van der Waals surface area contributed by atoms with Gasteiger partial charge in [0, 0.05) is 13.0 Å². The number of carbonyl (C=O) groups excluding carboxylic acids is 1. The zero-order chi connectivity index (χ0) is 15.2. The van der Waals surface area contributed by atoms with E-state index in [0.29, 0.717) is 18.7 Å². The summed E-state index contributed by atoms with van der Waals surface area (Å²) in [7, 11) is -3.37. The normalized spacial score (nSPS) is 11.2. The lowest BCUT2D eigenvalue weighted by atomic mass is 10.2. The van der Waals surface area contributed by atoms with Crippen LogP contribution in [0.2, 0.25) is 0 Å². The van der Waals surface area contributed by atoms with Crippen LogP contribution in [0.5, 0.6) is 0 Å². The quantitative estimate of drug-likeness (QED) is 0.833. The highest BCUT2D eigenvalue weighted by Crippen LogP contribution is 2.21. The molecule has 1 N–H and O–H groups in total. The lowest BCUT2D eigenvalue weighted by Gasteiger charge is -2.24. The molecule has 0 fully saturated rings. The lowest BCUT2D eigenvalue weighted by molar-refractivity contribution is -0.121. The molecule has 6 heteroatoms. The number of sulfonamides is 1. The lowest BCUT2D eigenvalue weighted by Crippen LogP contribution is -2.38. The second-order valence-corrected chi connectivity index (χ2v) is 6.63. The second-order valence-electron chi connectivity index (χ2n) is 4.72. The predicted octanol–water partition coefficient (Wildman–Crippen LogP) is 1.68. The Morgan fingerprint density at radius 2 is 1.95 bits per heavy atom. The third kappa shape index (κ3) is 4.85. The van der Waals surface area contributed by atoms with E-state index < -0.39 is 10.0 Å². The number of hydrogen-bond acceptors (Lipinski definition) is 3. The Morgan fingerprint density at radius 3 is 2.50 bits per heavy atom. The van der Waals surface area contributed by atoms with Gasteiger partial charge in [-0.15, -0.1) is 0 Å². The van der Waals surface area contributed by atoms with Gasteiger partial charge in [-0.2, -0.15) is 0 Å². The number of hydrogen-bond donors (Lipinski definition) is 1. The van der Waals surface area contributed by atoms with Crippen LogP contribution in [0.1, 0.15) is 25.3 Å². The van der Waals surface area contributed by atoms with Crippen LogP contribution >= 0.6 is 0 Å². The van der Waals surface area contributed by atoms with E-state index in [9.17, 15) is 13.2 Å². The highest BCUT2D eigenvalue weighted by Gasteiger charge is 2.18. The second kappa shape index (κ2) is 7.28. The SMILES string of the molecule is CCCC(=O)NCCN(c1ccccc1C)S(C)(=O)=O. The van der Waals surface area contributed by atoms with E-state index in [2.05, 4.69) is 5.32 Å². The molecule has 0 spiro atoms. The number of nitrogens with zero attached hydrogens (tertiary/aromatic N) is 1. The molecule has 0 bridgehead atoms. The number of rotatable bonds is 7. The van der Waals surface area contributed by atoms with Crippen LogP contribution in [0.25, 0.3) is 0 Å². The summed E-state index contributed by atoms with van der Waals surface area (Å²) in [6.45, 7) is 4.33. The Labute approximate surface area is 121 Å². The third-order valence-electron chi connectivity index (χ3n) is 2.90. The fourth-order valence-electron chi connectivity index (χ4n) is 1.92. The number of para-hydroxylation sites is 1. The maximum Gasteiger partial charge on any atom is 0.232 e. The molecule has 0 saturated heterocycles. The highest BCUT2D eigenvalue weighted by molar-refractivity contribution is 7.92. The van der Waals surface area contributed by atoms with Gasteiger partial charge in [0.2, 0.25) is 15.9 Å². The van der Waals surface area contributed by atoms with Gasteiger partial charge in [-0.3, -0.25) is 9.10 Å². The van der Waals surface area contributed by atoms with Crippen LogP contribution in [0, 0.1) is 6.92 Å². The van der Waals surface area contributed by atoms with Gasteiger partial charge < -0.3 is 5.32 Å². The molecule has 112 valence electrons. The molecule has 20 heavy (non-hydrogen) atoms. The summed E-state index contributed by atoms with van der Waals surface area (Å²) in [5.41, 5.74) is 1.54. The zero-order valence-corrected chi connectivity index (χ0v) is 13.0. The van der Waals surface area contributed by atoms with Gasteiger partial charge in [-0.05, 0) is 25.0 Å². The summed E-state index contributed by atoms with van der Waals surface area (Å²) < 4.78 is 25.1. The van der Waals surface area contributed by atoms with Gasteiger partial charge in [0.25, 0.3) is 0 Å². The maximum atomic E-state index is 11.9. The average molecular weight is 298 g/mol. The average Bonchev–Trinajstić information content (AvgIpc) is 2.35. The van der Waals surface area contributed by atoms with E-state index in [4.69, 9.17) is 0 Å². The van der Waals surface area contributed by atoms with Crippen molar-refractivity contribution in [2.45, 2.75) is 26.7 Å². The summed E-state index contributed by atoms with van der Waals surface area (Å²) in [6.07, 6.45) is 2.41. The minimum Gasteiger partial charge on any atom is -0.354 e. The van der Waals surface area contributed by atoms with E-state index in [-0.39, 0.29) is 12.5 Å². The number of amides is 1. The molecule has 1 aromatic rings. The summed E-state index contributed by atoms with van der Waals surface area (Å²) in [4.78, 5) is 11.4. The molecule has 0 saturated carbocycles. The topological polar surface area (TPSA) is 66.5 Å². The molecule has 0 heterocycles. The summed E-state index contributed by atoms with van der Waals surface area (Å²) in [5, 5.41) is 2.73. The van der Waals surface area contributed by atoms with Crippen LogP contribution in [-0.2, 0) is 14.8 Å². The van der Waals surface area contributed by atoms with Gasteiger partial charge in [0.1, 0.15) is 0 Å². The highest BCUT2D eigenvalue weighted by atomic mass is 32.2. The Morgan fingerprint density at radius 1 is 1.30 bits per heavy atom. The first-order valence-electron chi connectivity index (χ1n) is 6.66. The zero-order valence-electron chi connectivity index (χ0n) is 12.2. The summed E-state index contributed by atoms with van der Waals surface area (Å²) >= 11 is 0. The van der Waals surface area contributed by atoms with Crippen LogP contribution in [0.3, 0.4) is 0 Å². The van der Waals surface area contributed by atoms with E-state index in [1.165, 1.54) is 10.6 Å². The van der Waals surface area contributed by atoms with Gasteiger partial charge in [0.05, 0.1) is 18.5 Å². The van der Waals surface area contributed by atoms with Gasteiger partial charge >= 0.3 is 0 Å². The van der Waals surface area contributed by atoms with Crippen molar-refractivity contribution in [2.24, 2.45) is 0 Å². The van der Waals surface area contributed by atoms with Crippen molar-refractivity contribution < 1.29 is 13.2 Å². The van der Waals surface area contributed by atoms with Crippen LogP contribution < -0.4 is 9.62 Å². The number of carbonyl (C=O) groups is 1. The minimum atomic E-state index is -3.37. The Bertz CT molecular complexity index is 555. The minimum absolute atomic E-state index is 0.0502. The molecule has 0 radical (unpaired) electrons. The fraction of sp³-hybridized carbons (Fsp3) is 0.500. The Kier molecular flexibility index (Phi) is 6.01. The van der Waals surface area contributed by atoms with Gasteiger partial charge in [-0.25, -0.2) is 8.42 Å². The number of nitrogens with one attached hydrogen (secondary N) is 1. The number of aryl methyl sites for hydroxylation is 1. The smallest absolute Gasteiger partial charge is 0.232 e. The Balaban J connectivity index is 2.78. The van der Waals surface area contributed by atoms with Crippen molar-refractivity contribution in [3.05, 3.63) is 29.8 Å². The standard InChI is InChI=1S/C14H22N2O3S/c1-4-7-14(17)15-10-11-16(20(3,18)19)13-9-6-5-8-12(13)2/h5-6,8-9H,4,7,10-11H2,1-3H3,(H,15,17). The van der Waals surface area contributed by atoms with E-state index in [1.807, 2.05) is 26.0 Å². The van der Waals surface area contributed by atoms with Crippen molar-refractivity contribution >= 4 is 21.6 Å². The van der Waals surface area contributed by atoms with Gasteiger partial charge in [0.15, 0.2) is 0 Å². The molecule has 0 aliphatic carbocycles. The first kappa shape index (κ1) is 16.5. The van der Waals surface area contributed by atoms with E-state index in [1.54, 1.807) is 12.1 Å². The van der Waals surface area contributed by atoms with Crippen LogP contribution in [-0.4, -0.2) is 33.7 Å². The van der Waals surface area contributed by atoms with Crippen molar-refractivity contribution in [1.29, 1.82) is 0 Å². The van der Waals surface area contributed by atoms with Crippen molar-refractivity contribution in [2.75, 3.05) is 23.7 Å². The molecule has 1 amide bonds. The van der Waals surface area contributed by atoms with E-state index >= 15 is 0 Å². The first-order valence-corrected chi connectivity index (χ1v) is 8.51. The Hall–Kier alpha value is -1.56. The van der Waals surface area contributed by atoms with Gasteiger partial charge in [-0.1, -0.05) is 25.1 Å². The van der Waals surface area contributed by atoms with Crippen molar-refractivity contribution in [3.63, 3.8) is 0 Å². The summed E-state index contributed by atoms with van der Waals surface area (Å²) in [6, 6.07) is 7.30. The van der Waals surface area contributed by atoms with Crippen molar-refractivity contribution in [3.8, 4) is 0 Å². The molecule has 0 atom stereocenters. The van der Waals surface area contributed by atoms with Crippen molar-refractivity contribution in [1.82, 2.24) is 5.32 Å². The molecule has 0 aromatic heterocycles. The van der Waals surface area contributed by atoms with Crippen LogP contribution in [0.15, 0.2) is 24.3 Å². The molecule has 5 nitrogen and oxygen atoms in total. The molecule has 0 unspecified atom stereocenters. The third-order valence-corrected chi connectivity index (χ3v) is 4.08. The fourth-order valence-corrected chi connectivity index (χ4v) is 2.91. The first-order chi connectivity index (χ1) is 9.36. The largest absolute Gasteiger partial charge is 0.354 e. The number of anilines is 1. The number of benzene rings is 1. The molecule has 1 aromatic carbocycles. The van der Waals surface area contributed by atoms with Crippen LogP contribution in [0.4, 0.5) is 5.69 Å². The van der Waals surface area contributed by atoms with E-state index in [0.717, 1.165) is 12.0 Å². The monoisotopic (exact) mass is 298 g/mol. The molecule has 1 rings (SSSR count). The maximum absolute atomic E-state index is 11.9. The molecular weight excluding hydrogens is 276 g/mol. The molecule has 0 aliphatic rings. The molecular formula is C14H22N2O3S. The summed E-state index contributed by atoms with van der Waals surface area (Å²) in [5.74, 6) is -0.0502. The predicted molar refractivity (Wildman–Crippen MR) is 81.3 cm³/mol.